The Bertz CT molecular complexity index is 8630. The Morgan fingerprint density at radius 3 is 1.08 bits per heavy atom. The van der Waals surface area contributed by atoms with Crippen LogP contribution in [-0.2, 0) is 14.2 Å². The number of para-hydroxylation sites is 1. The van der Waals surface area contributed by atoms with E-state index in [0.717, 1.165) is 53.9 Å². The van der Waals surface area contributed by atoms with Crippen molar-refractivity contribution in [1.82, 2.24) is 80.3 Å². The number of esters is 2. The van der Waals surface area contributed by atoms with Gasteiger partial charge >= 0.3 is 11.9 Å². The molecule has 0 aliphatic carbocycles. The quantitative estimate of drug-likeness (QED) is 0.0109. The number of anilines is 1. The number of amides is 2. The molecular formula is C109H96N18O23. The number of nitrogens with one attached hydrogen (secondary N) is 2. The number of fused-ring (bicyclic) bond motifs is 10. The average molecular weight is 2030 g/mol. The maximum atomic E-state index is 12.6. The molecule has 0 saturated heterocycles. The van der Waals surface area contributed by atoms with Gasteiger partial charge < -0.3 is 104 Å². The van der Waals surface area contributed by atoms with Gasteiger partial charge in [0.25, 0.3) is 11.8 Å². The first kappa shape index (κ1) is 102. The van der Waals surface area contributed by atoms with Crippen molar-refractivity contribution in [2.75, 3.05) is 112 Å². The molecule has 0 spiro atoms. The zero-order valence-electron chi connectivity index (χ0n) is 80.7. The van der Waals surface area contributed by atoms with E-state index >= 15 is 0 Å². The molecule has 0 radical (unpaired) electrons. The van der Waals surface area contributed by atoms with E-state index in [1.165, 1.54) is 38.2 Å². The molecule has 21 aromatic rings. The summed E-state index contributed by atoms with van der Waals surface area (Å²) in [5.41, 5.74) is 9.95. The Morgan fingerprint density at radius 2 is 0.693 bits per heavy atom. The highest BCUT2D eigenvalue weighted by atomic mass is 16.5. The Labute approximate surface area is 851 Å². The molecule has 0 bridgehead atoms. The van der Waals surface area contributed by atoms with Crippen molar-refractivity contribution in [3.8, 4) is 91.7 Å². The molecule has 0 aliphatic rings. The monoisotopic (exact) mass is 2020 g/mol. The van der Waals surface area contributed by atoms with Gasteiger partial charge in [-0.2, -0.15) is 0 Å². The van der Waals surface area contributed by atoms with Crippen molar-refractivity contribution >= 4 is 144 Å². The van der Waals surface area contributed by atoms with Crippen molar-refractivity contribution in [1.29, 1.82) is 0 Å². The minimum Gasteiger partial charge on any atom is -0.506 e. The van der Waals surface area contributed by atoms with Crippen LogP contribution in [0, 0.1) is 6.57 Å². The second-order valence-electron chi connectivity index (χ2n) is 33.0. The molecule has 12 N–H and O–H groups in total. The molecule has 0 fully saturated rings. The number of phenolic OH excluding ortho intramolecular Hbond substituents is 5. The lowest BCUT2D eigenvalue weighted by molar-refractivity contribution is 0.0521. The summed E-state index contributed by atoms with van der Waals surface area (Å²) in [6, 6.07) is 76.7. The lowest BCUT2D eigenvalue weighted by Gasteiger charge is -2.09. The number of benzene rings is 16. The summed E-state index contributed by atoms with van der Waals surface area (Å²) < 4.78 is 47.9. The van der Waals surface area contributed by atoms with Crippen molar-refractivity contribution in [2.45, 2.75) is 13.8 Å². The molecule has 41 heteroatoms. The summed E-state index contributed by atoms with van der Waals surface area (Å²) in [4.78, 5) is 58.9. The lowest BCUT2D eigenvalue weighted by Crippen LogP contribution is -2.22. The molecule has 760 valence electrons. The fourth-order valence-electron chi connectivity index (χ4n) is 15.9. The molecule has 150 heavy (non-hydrogen) atoms. The number of carbonyl (C=O) groups is 4. The van der Waals surface area contributed by atoms with Crippen LogP contribution in [0.4, 0.5) is 11.4 Å². The van der Waals surface area contributed by atoms with Gasteiger partial charge in [-0.15, -0.1) is 75.0 Å². The molecule has 2 amide bonds. The van der Waals surface area contributed by atoms with Gasteiger partial charge in [-0.05, 0) is 268 Å². The molecule has 41 nitrogen and oxygen atoms in total. The van der Waals surface area contributed by atoms with Gasteiger partial charge in [0.05, 0.1) is 79.2 Å². The minimum absolute atomic E-state index is 0.00329. The molecule has 0 atom stereocenters. The van der Waals surface area contributed by atoms with Crippen LogP contribution < -0.4 is 39.1 Å². The number of nitrogens with zero attached hydrogens (tertiary/aromatic N) is 16. The molecule has 0 aliphatic heterocycles. The fourth-order valence-corrected chi connectivity index (χ4v) is 15.9. The molecule has 0 unspecified atom stereocenters. The topological polar surface area (TPSA) is 536 Å². The molecular weight excluding hydrogens is 1930 g/mol. The summed E-state index contributed by atoms with van der Waals surface area (Å²) in [6.07, 6.45) is 0. The number of carbonyl (C=O) groups excluding carboxylic acids is 4. The van der Waals surface area contributed by atoms with Crippen LogP contribution in [0.2, 0.25) is 0 Å². The van der Waals surface area contributed by atoms with Gasteiger partial charge in [0.15, 0.2) is 5.69 Å². The largest absolute Gasteiger partial charge is 0.506 e. The highest BCUT2D eigenvalue weighted by Crippen LogP contribution is 2.39. The third-order valence-corrected chi connectivity index (χ3v) is 22.9. The molecule has 21 rings (SSSR count). The first-order chi connectivity index (χ1) is 73.0. The highest BCUT2D eigenvalue weighted by Gasteiger charge is 2.24. The number of phenols is 5. The maximum Gasteiger partial charge on any atom is 0.341 e. The summed E-state index contributed by atoms with van der Waals surface area (Å²) in [6.45, 7) is 13.0. The van der Waals surface area contributed by atoms with E-state index in [2.05, 4.69) is 66.5 Å². The summed E-state index contributed by atoms with van der Waals surface area (Å²) in [7, 11) is 2.76. The summed E-state index contributed by atoms with van der Waals surface area (Å²) in [5.74, 6) is 2.08. The first-order valence-corrected chi connectivity index (χ1v) is 46.8. The number of methoxy groups -OCH3 is 2. The number of ether oxygens (including phenoxy) is 9. The zero-order chi connectivity index (χ0) is 105. The van der Waals surface area contributed by atoms with Gasteiger partial charge in [-0.1, -0.05) is 60.7 Å². The van der Waals surface area contributed by atoms with Crippen LogP contribution in [-0.4, -0.2) is 256 Å². The van der Waals surface area contributed by atoms with E-state index in [1.807, 2.05) is 91.9 Å². The molecule has 0 saturated carbocycles. The summed E-state index contributed by atoms with van der Waals surface area (Å²) in [5, 5.41) is 155. The number of rotatable bonds is 31. The highest BCUT2D eigenvalue weighted by molar-refractivity contribution is 6.07. The first-order valence-electron chi connectivity index (χ1n) is 46.8. The smallest absolute Gasteiger partial charge is 0.341 e. The van der Waals surface area contributed by atoms with Crippen LogP contribution in [0.15, 0.2) is 267 Å². The Hall–Kier alpha value is -19.2. The van der Waals surface area contributed by atoms with E-state index in [4.69, 9.17) is 74.7 Å². The van der Waals surface area contributed by atoms with Crippen molar-refractivity contribution in [3.63, 3.8) is 0 Å². The number of aromatic nitrogens is 15. The summed E-state index contributed by atoms with van der Waals surface area (Å²) >= 11 is 0. The number of aromatic hydroxyl groups is 5. The van der Waals surface area contributed by atoms with Gasteiger partial charge in [-0.3, -0.25) is 9.59 Å². The predicted octanol–water partition coefficient (Wildman–Crippen LogP) is 14.8. The average Bonchev–Trinajstić information content (AvgIpc) is 1.73. The second kappa shape index (κ2) is 47.1. The van der Waals surface area contributed by atoms with Gasteiger partial charge in [0.1, 0.15) is 185 Å². The Morgan fingerprint density at radius 1 is 0.327 bits per heavy atom. The van der Waals surface area contributed by atoms with Crippen LogP contribution in [0.5, 0.6) is 63.2 Å². The maximum absolute atomic E-state index is 12.6. The lowest BCUT2D eigenvalue weighted by atomic mass is 10.1. The van der Waals surface area contributed by atoms with Gasteiger partial charge in [0, 0.05) is 29.4 Å². The molecule has 5 heterocycles. The van der Waals surface area contributed by atoms with Crippen molar-refractivity contribution in [2.24, 2.45) is 0 Å². The molecule has 16 aromatic carbocycles. The normalized spacial score (nSPS) is 11.1. The molecule has 5 aromatic heterocycles. The van der Waals surface area contributed by atoms with Gasteiger partial charge in [-0.25, -0.2) is 14.4 Å². The van der Waals surface area contributed by atoms with E-state index < -0.39 is 11.9 Å². The Kier molecular flexibility index (Phi) is 32.1. The number of aliphatic hydroxyl groups excluding tert-OH is 5. The Balaban J connectivity index is 0.000000128. The van der Waals surface area contributed by atoms with Gasteiger partial charge in [0.2, 0.25) is 0 Å². The van der Waals surface area contributed by atoms with E-state index in [0.29, 0.717) is 166 Å². The van der Waals surface area contributed by atoms with Crippen LogP contribution in [0.1, 0.15) is 55.3 Å². The number of aliphatic hydroxyl groups is 5. The van der Waals surface area contributed by atoms with E-state index in [1.54, 1.807) is 189 Å². The number of hydrogen-bond donors (Lipinski definition) is 12. The minimum atomic E-state index is -0.514. The number of hydrogen-bond acceptors (Lipinski definition) is 33. The van der Waals surface area contributed by atoms with E-state index in [9.17, 15) is 44.7 Å². The van der Waals surface area contributed by atoms with Crippen LogP contribution >= 0.6 is 0 Å². The van der Waals surface area contributed by atoms with Crippen molar-refractivity contribution in [3.05, 3.63) is 301 Å². The van der Waals surface area contributed by atoms with E-state index in [-0.39, 0.29) is 119 Å². The van der Waals surface area contributed by atoms with Crippen molar-refractivity contribution < 1.29 is 113 Å². The zero-order valence-corrected chi connectivity index (χ0v) is 80.7. The van der Waals surface area contributed by atoms with Crippen LogP contribution in [0.25, 0.3) is 142 Å². The third-order valence-electron chi connectivity index (χ3n) is 22.9. The predicted molar refractivity (Wildman–Crippen MR) is 556 cm³/mol. The standard InChI is InChI=1S/C25H20N4O4.C22H21N3O6.C21H18N4O4.C21H20N4O4.C20H17N3O5/c30-10-11-33-20-8-6-16-15-24(31)23(14-18(16)12-20)29-27-21-9-7-17(13-22(21)28-29)25(32)26-19-4-2-1-3-5-19;1-3-30-22(28)16-11-17-18(12-21(16)29-2)24-25(23-17)19-9-14-8-15(31-7-6-26)5-4-13(14)10-20(19)27;1-22-16-3-5-18-19(13-16)24-25(23-18)20-11-15-10-17(29-9-8-28-7-6-26)4-2-14(15)12-21(20)27;1-2-22-21(28)14-4-6-17-18(10-14)24-25(23-17)19-11-15-9-16(29-8-7-26)5-3-13(15)12-20(19)27;1-27-20(26)15-3-2-4-16-19(15)22-23(21-16)17-10-13-9-14(28-8-7-24)6-5-12(13)11-18(17)25/h1-9,12-15,30-31H,10-11H2,(H,26,32);4-5,8-12,26-27H,3,6-7H2,1-2H3;2-5,10-13,26-27H,6-9H2;3-6,9-12,26-27H,2,7-8H2,1H3,(H,22,28);2-6,9-11,24-25H,7-8H2,1H3. The second-order valence-corrected chi connectivity index (χ2v) is 33.0. The van der Waals surface area contributed by atoms with Crippen LogP contribution in [0.3, 0.4) is 0 Å². The third kappa shape index (κ3) is 23.7. The fraction of sp³-hybridized carbons (Fsp3) is 0.165. The SMILES string of the molecule is CCNC(=O)c1ccc2nn(-c3cc4cc(OCCO)ccc4cc3O)nc2c1.CCOC(=O)c1cc2nn(-c3cc4cc(OCCO)ccc4cc3O)nc2cc1OC.COC(=O)c1cccc2nn(-c3cc4cc(OCCO)ccc4cc3O)nc12.O=C(Nc1ccccc1)c1ccc2nn(-c3cc4cc(OCCO)ccc4cc3O)nc2c1.[C-]#[N+]c1ccc2nn(-c3cc4cc(OCCOCCO)ccc4cc3O)nc2c1.